The number of hydrogen-bond donors (Lipinski definition) is 0. The largest absolute Gasteiger partial charge is 0.334 e. The van der Waals surface area contributed by atoms with E-state index in [1.165, 1.54) is 124 Å². The predicted molar refractivity (Wildman–Crippen MR) is 343 cm³/mol. The highest BCUT2D eigenvalue weighted by molar-refractivity contribution is 7.00. The summed E-state index contributed by atoms with van der Waals surface area (Å²) in [5, 5.41) is 0. The zero-order valence-corrected chi connectivity index (χ0v) is 50.6. The fraction of sp³-hybridized carbons (Fsp3) is 0.360. The number of rotatable bonds is 5. The van der Waals surface area contributed by atoms with E-state index in [9.17, 15) is 0 Å². The highest BCUT2D eigenvalue weighted by Crippen LogP contribution is 2.64. The molecule has 3 aliphatic heterocycles. The van der Waals surface area contributed by atoms with E-state index in [2.05, 4.69) is 296 Å². The average Bonchev–Trinajstić information content (AvgIpc) is 2.57. The lowest BCUT2D eigenvalue weighted by Gasteiger charge is -2.47. The van der Waals surface area contributed by atoms with Crippen LogP contribution in [0.3, 0.4) is 0 Å². The smallest absolute Gasteiger partial charge is 0.252 e. The van der Waals surface area contributed by atoms with E-state index in [4.69, 9.17) is 0 Å². The third kappa shape index (κ3) is 8.43. The zero-order valence-electron chi connectivity index (χ0n) is 50.6. The van der Waals surface area contributed by atoms with Gasteiger partial charge in [-0.1, -0.05) is 226 Å². The molecule has 3 nitrogen and oxygen atoms in total. The number of fused-ring (bicyclic) bond motifs is 7. The fourth-order valence-corrected chi connectivity index (χ4v) is 14.1. The second-order valence-electron chi connectivity index (χ2n) is 29.5. The molecule has 1 fully saturated rings. The zero-order chi connectivity index (χ0) is 56.1. The monoisotopic (exact) mass is 1040 g/mol. The summed E-state index contributed by atoms with van der Waals surface area (Å²) in [4.78, 5) is 8.22. The molecule has 8 aromatic rings. The summed E-state index contributed by atoms with van der Waals surface area (Å²) in [6.45, 7) is 40.5. The van der Waals surface area contributed by atoms with Gasteiger partial charge in [0.1, 0.15) is 0 Å². The Balaban J connectivity index is 1.26. The third-order valence-electron chi connectivity index (χ3n) is 19.1. The molecule has 79 heavy (non-hydrogen) atoms. The Morgan fingerprint density at radius 2 is 0.734 bits per heavy atom. The molecule has 8 aromatic carbocycles. The molecule has 4 aliphatic rings. The van der Waals surface area contributed by atoms with E-state index < -0.39 is 0 Å². The summed E-state index contributed by atoms with van der Waals surface area (Å²) >= 11 is 0. The summed E-state index contributed by atoms with van der Waals surface area (Å²) in [5.41, 5.74) is 26.6. The Morgan fingerprint density at radius 3 is 1.14 bits per heavy atom. The van der Waals surface area contributed by atoms with Crippen molar-refractivity contribution in [1.82, 2.24) is 0 Å². The van der Waals surface area contributed by atoms with Gasteiger partial charge in [0.05, 0.1) is 16.9 Å². The van der Waals surface area contributed by atoms with Crippen molar-refractivity contribution in [1.29, 1.82) is 0 Å². The van der Waals surface area contributed by atoms with Crippen LogP contribution >= 0.6 is 0 Å². The highest BCUT2D eigenvalue weighted by Gasteiger charge is 2.60. The van der Waals surface area contributed by atoms with E-state index in [0.29, 0.717) is 0 Å². The van der Waals surface area contributed by atoms with Crippen molar-refractivity contribution >= 4 is 68.6 Å². The van der Waals surface area contributed by atoms with E-state index in [-0.39, 0.29) is 44.7 Å². The van der Waals surface area contributed by atoms with Gasteiger partial charge in [0.25, 0.3) is 6.71 Å². The summed E-state index contributed by atoms with van der Waals surface area (Å²) in [6.07, 6.45) is 3.46. The maximum Gasteiger partial charge on any atom is 0.252 e. The van der Waals surface area contributed by atoms with Crippen molar-refractivity contribution in [3.63, 3.8) is 0 Å². The van der Waals surface area contributed by atoms with Gasteiger partial charge in [-0.25, -0.2) is 0 Å². The van der Waals surface area contributed by atoms with Crippen LogP contribution in [0.1, 0.15) is 170 Å². The molecule has 0 N–H and O–H groups in total. The normalized spacial score (nSPS) is 18.8. The van der Waals surface area contributed by atoms with Gasteiger partial charge in [-0.3, -0.25) is 0 Å². The van der Waals surface area contributed by atoms with E-state index in [0.717, 1.165) is 12.8 Å². The van der Waals surface area contributed by atoms with Crippen LogP contribution < -0.4 is 31.1 Å². The highest BCUT2D eigenvalue weighted by atomic mass is 15.3. The molecule has 2 atom stereocenters. The third-order valence-corrected chi connectivity index (χ3v) is 19.1. The quantitative estimate of drug-likeness (QED) is 0.159. The first kappa shape index (κ1) is 52.9. The van der Waals surface area contributed by atoms with Crippen molar-refractivity contribution < 1.29 is 0 Å². The summed E-state index contributed by atoms with van der Waals surface area (Å²) < 4.78 is 0. The van der Waals surface area contributed by atoms with Crippen molar-refractivity contribution in [3.8, 4) is 22.3 Å². The molecule has 3 heterocycles. The van der Waals surface area contributed by atoms with Crippen molar-refractivity contribution in [3.05, 3.63) is 197 Å². The SMILES string of the molecule is CC(C)(C)c1ccc2c(c1)B1c3cc(C(C)(C)C)ccc3N(c3ccc(C(C)(C)C)cc3-c3ccccc3)c3cc(N4c5ccc(C(C)(C)C)cc5C5(C)CCCC45C)cc(c31)N2c1ccc(C(C)(C)C)cc1-c1ccccc1. The van der Waals surface area contributed by atoms with Crippen LogP contribution in [0.15, 0.2) is 164 Å². The van der Waals surface area contributed by atoms with Crippen LogP contribution in [-0.4, -0.2) is 12.3 Å². The molecule has 1 saturated carbocycles. The Hall–Kier alpha value is -6.78. The van der Waals surface area contributed by atoms with Gasteiger partial charge in [0.2, 0.25) is 0 Å². The summed E-state index contributed by atoms with van der Waals surface area (Å²) in [5.74, 6) is 0. The Bertz CT molecular complexity index is 3530. The lowest BCUT2D eigenvalue weighted by atomic mass is 9.33. The van der Waals surface area contributed by atoms with E-state index >= 15 is 0 Å². The lowest BCUT2D eigenvalue weighted by molar-refractivity contribution is 0.330. The van der Waals surface area contributed by atoms with Crippen LogP contribution in [0.5, 0.6) is 0 Å². The van der Waals surface area contributed by atoms with Crippen LogP contribution in [0.25, 0.3) is 22.3 Å². The van der Waals surface area contributed by atoms with Gasteiger partial charge in [-0.2, -0.15) is 0 Å². The Kier molecular flexibility index (Phi) is 12.0. The van der Waals surface area contributed by atoms with Gasteiger partial charge in [0.15, 0.2) is 0 Å². The maximum absolute atomic E-state index is 2.82. The van der Waals surface area contributed by atoms with Crippen LogP contribution in [0.2, 0.25) is 0 Å². The van der Waals surface area contributed by atoms with Crippen LogP contribution in [0, 0.1) is 0 Å². The molecule has 0 amide bonds. The first-order chi connectivity index (χ1) is 37.1. The van der Waals surface area contributed by atoms with Crippen molar-refractivity contribution in [2.24, 2.45) is 0 Å². The first-order valence-corrected chi connectivity index (χ1v) is 29.5. The minimum absolute atomic E-state index is 0.0261. The first-order valence-electron chi connectivity index (χ1n) is 29.5. The molecule has 0 saturated heterocycles. The molecule has 0 bridgehead atoms. The van der Waals surface area contributed by atoms with Crippen LogP contribution in [-0.2, 0) is 32.5 Å². The maximum atomic E-state index is 2.82. The molecule has 12 rings (SSSR count). The number of anilines is 8. The molecular formula is C75H84BN3. The Labute approximate surface area is 475 Å². The second-order valence-corrected chi connectivity index (χ2v) is 29.5. The van der Waals surface area contributed by atoms with Gasteiger partial charge in [0, 0.05) is 50.7 Å². The second kappa shape index (κ2) is 17.9. The number of nitrogens with zero attached hydrogens (tertiary/aromatic N) is 3. The molecule has 0 radical (unpaired) electrons. The van der Waals surface area contributed by atoms with E-state index in [1.807, 2.05) is 0 Å². The van der Waals surface area contributed by atoms with Crippen molar-refractivity contribution in [2.45, 2.75) is 175 Å². The standard InChI is InChI=1S/C75H84BN3/c1-69(2,3)50-29-34-61(56(41-50)48-25-20-18-21-26-48)77-64-37-32-53(72(10,11)12)44-59(64)76-60-45-54(73(13,14)15)33-38-65(60)78(62-35-30-51(70(4,5)6)42-57(62)49-27-22-19-23-28-49)67-47-55(46-66(77)68(67)76)79-63-36-31-52(71(7,8)9)43-58(63)74(16)39-24-40-75(74,79)17/h18-23,25-38,41-47H,24,39-40H2,1-17H3. The van der Waals surface area contributed by atoms with Crippen LogP contribution in [0.4, 0.5) is 45.5 Å². The van der Waals surface area contributed by atoms with Gasteiger partial charge in [-0.05, 0) is 162 Å². The van der Waals surface area contributed by atoms with E-state index in [1.54, 1.807) is 0 Å². The average molecular weight is 1040 g/mol. The molecule has 4 heteroatoms. The molecule has 402 valence electrons. The molecule has 0 aromatic heterocycles. The van der Waals surface area contributed by atoms with Gasteiger partial charge >= 0.3 is 0 Å². The minimum Gasteiger partial charge on any atom is -0.334 e. The molecule has 1 aliphatic carbocycles. The fourth-order valence-electron chi connectivity index (χ4n) is 14.1. The molecule has 0 spiro atoms. The van der Waals surface area contributed by atoms with Gasteiger partial charge < -0.3 is 14.7 Å². The predicted octanol–water partition coefficient (Wildman–Crippen LogP) is 18.9. The molecule has 2 unspecified atom stereocenters. The lowest BCUT2D eigenvalue weighted by Crippen LogP contribution is -2.62. The topological polar surface area (TPSA) is 9.72 Å². The van der Waals surface area contributed by atoms with Crippen molar-refractivity contribution in [2.75, 3.05) is 14.7 Å². The summed E-state index contributed by atoms with van der Waals surface area (Å²) in [7, 11) is 0. The number of benzene rings is 8. The Morgan fingerprint density at radius 1 is 0.367 bits per heavy atom. The summed E-state index contributed by atoms with van der Waals surface area (Å²) in [6, 6.07) is 64.8. The number of hydrogen-bond acceptors (Lipinski definition) is 3. The minimum atomic E-state index is -0.169. The molecular weight excluding hydrogens is 954 g/mol. The van der Waals surface area contributed by atoms with Gasteiger partial charge in [-0.15, -0.1) is 0 Å².